The fourth-order valence-electron chi connectivity index (χ4n) is 4.02. The number of nitrogens with one attached hydrogen (secondary N) is 2. The van der Waals surface area contributed by atoms with Gasteiger partial charge in [-0.25, -0.2) is 14.4 Å². The topological polar surface area (TPSA) is 88.6 Å². The van der Waals surface area contributed by atoms with Crippen LogP contribution in [0.25, 0.3) is 10.9 Å². The van der Waals surface area contributed by atoms with Crippen LogP contribution in [0.1, 0.15) is 12.8 Å². The van der Waals surface area contributed by atoms with E-state index in [1.54, 1.807) is 18.2 Å². The number of piperidine rings is 1. The van der Waals surface area contributed by atoms with E-state index in [2.05, 4.69) is 30.2 Å². The minimum absolute atomic E-state index is 0.0318. The maximum Gasteiger partial charge on any atom is 0.345 e. The summed E-state index contributed by atoms with van der Waals surface area (Å²) in [4.78, 5) is 23.2. The molecule has 1 fully saturated rings. The van der Waals surface area contributed by atoms with Crippen LogP contribution in [0.4, 0.5) is 30.4 Å². The van der Waals surface area contributed by atoms with Gasteiger partial charge in [-0.2, -0.15) is 8.78 Å². The standard InChI is InChI=1S/C25H25ClF3N5O3/c1-36-22-13-20-17(24(31-14-30-20)32-15-4-5-19(27)18(26)11-15)12-21(22)33-23(35)3-2-8-34-9-6-16(7-10-34)37-25(28)29/h2-5,11-14,16,25H,6-10H2,1H3,(H,33,35)(H,30,31,32)/b3-2+. The Kier molecular flexibility index (Phi) is 8.80. The number of rotatable bonds is 9. The fraction of sp³-hybridized carbons (Fsp3) is 0.320. The molecule has 3 aromatic rings. The number of hydrogen-bond donors (Lipinski definition) is 2. The lowest BCUT2D eigenvalue weighted by atomic mass is 10.1. The molecule has 0 atom stereocenters. The Bertz CT molecular complexity index is 1290. The highest BCUT2D eigenvalue weighted by Gasteiger charge is 2.21. The Balaban J connectivity index is 1.43. The molecule has 1 aliphatic rings. The van der Waals surface area contributed by atoms with Gasteiger partial charge in [-0.3, -0.25) is 9.69 Å². The average Bonchev–Trinajstić information content (AvgIpc) is 2.87. The van der Waals surface area contributed by atoms with E-state index in [1.165, 1.54) is 37.7 Å². The Morgan fingerprint density at radius 2 is 2.03 bits per heavy atom. The number of benzene rings is 2. The van der Waals surface area contributed by atoms with Gasteiger partial charge in [0.1, 0.15) is 23.7 Å². The highest BCUT2D eigenvalue weighted by atomic mass is 35.5. The number of ether oxygens (including phenoxy) is 2. The molecule has 2 N–H and O–H groups in total. The molecule has 2 heterocycles. The van der Waals surface area contributed by atoms with Crippen molar-refractivity contribution in [1.82, 2.24) is 14.9 Å². The molecule has 2 aromatic carbocycles. The normalized spacial score (nSPS) is 15.0. The molecule has 1 aromatic heterocycles. The number of halogens is 4. The average molecular weight is 536 g/mol. The zero-order valence-corrected chi connectivity index (χ0v) is 20.6. The second kappa shape index (κ2) is 12.2. The van der Waals surface area contributed by atoms with Crippen LogP contribution in [0.3, 0.4) is 0 Å². The first-order valence-electron chi connectivity index (χ1n) is 11.5. The number of amides is 1. The lowest BCUT2D eigenvalue weighted by Gasteiger charge is -2.30. The smallest absolute Gasteiger partial charge is 0.345 e. The van der Waals surface area contributed by atoms with Crippen molar-refractivity contribution in [2.75, 3.05) is 37.4 Å². The van der Waals surface area contributed by atoms with E-state index < -0.39 is 18.5 Å². The van der Waals surface area contributed by atoms with Gasteiger partial charge in [0.05, 0.1) is 29.4 Å². The Labute approximate surface area is 216 Å². The molecule has 0 aliphatic carbocycles. The summed E-state index contributed by atoms with van der Waals surface area (Å²) in [5.41, 5.74) is 1.50. The first kappa shape index (κ1) is 26.6. The van der Waals surface area contributed by atoms with Crippen LogP contribution in [-0.2, 0) is 9.53 Å². The molecule has 196 valence electrons. The number of fused-ring (bicyclic) bond motifs is 1. The van der Waals surface area contributed by atoms with Crippen molar-refractivity contribution in [3.63, 3.8) is 0 Å². The van der Waals surface area contributed by atoms with E-state index in [0.29, 0.717) is 66.3 Å². The van der Waals surface area contributed by atoms with E-state index in [-0.39, 0.29) is 10.9 Å². The van der Waals surface area contributed by atoms with E-state index in [9.17, 15) is 18.0 Å². The molecular formula is C25H25ClF3N5O3. The predicted molar refractivity (Wildman–Crippen MR) is 135 cm³/mol. The Morgan fingerprint density at radius 3 is 2.73 bits per heavy atom. The molecule has 1 saturated heterocycles. The Morgan fingerprint density at radius 1 is 1.24 bits per heavy atom. The van der Waals surface area contributed by atoms with Gasteiger partial charge in [0.2, 0.25) is 5.91 Å². The third-order valence-corrected chi connectivity index (χ3v) is 6.15. The van der Waals surface area contributed by atoms with Crippen molar-refractivity contribution >= 4 is 45.6 Å². The zero-order valence-electron chi connectivity index (χ0n) is 19.9. The summed E-state index contributed by atoms with van der Waals surface area (Å²) in [6.07, 6.45) is 5.09. The summed E-state index contributed by atoms with van der Waals surface area (Å²) in [5, 5.41) is 6.45. The molecular weight excluding hydrogens is 511 g/mol. The number of likely N-dealkylation sites (tertiary alicyclic amines) is 1. The molecule has 0 bridgehead atoms. The van der Waals surface area contributed by atoms with E-state index in [0.717, 1.165) is 0 Å². The highest BCUT2D eigenvalue weighted by Crippen LogP contribution is 2.33. The van der Waals surface area contributed by atoms with Crippen LogP contribution in [0.2, 0.25) is 5.02 Å². The summed E-state index contributed by atoms with van der Waals surface area (Å²) in [7, 11) is 1.48. The lowest BCUT2D eigenvalue weighted by Crippen LogP contribution is -2.37. The van der Waals surface area contributed by atoms with Gasteiger partial charge in [-0.1, -0.05) is 17.7 Å². The molecule has 37 heavy (non-hydrogen) atoms. The van der Waals surface area contributed by atoms with Gasteiger partial charge in [-0.05, 0) is 37.1 Å². The third-order valence-electron chi connectivity index (χ3n) is 5.86. The van der Waals surface area contributed by atoms with Gasteiger partial charge in [0, 0.05) is 42.9 Å². The number of aromatic nitrogens is 2. The molecule has 12 heteroatoms. The molecule has 0 spiro atoms. The fourth-order valence-corrected chi connectivity index (χ4v) is 4.20. The number of anilines is 3. The van der Waals surface area contributed by atoms with Gasteiger partial charge >= 0.3 is 6.61 Å². The van der Waals surface area contributed by atoms with E-state index in [4.69, 9.17) is 16.3 Å². The number of carbonyl (C=O) groups excluding carboxylic acids is 1. The second-order valence-electron chi connectivity index (χ2n) is 8.33. The summed E-state index contributed by atoms with van der Waals surface area (Å²) >= 11 is 5.88. The van der Waals surface area contributed by atoms with Crippen molar-refractivity contribution in [1.29, 1.82) is 0 Å². The van der Waals surface area contributed by atoms with Crippen molar-refractivity contribution in [3.8, 4) is 5.75 Å². The minimum Gasteiger partial charge on any atom is -0.494 e. The summed E-state index contributed by atoms with van der Waals surface area (Å²) in [5.74, 6) is -0.0662. The SMILES string of the molecule is COc1cc2ncnc(Nc3ccc(F)c(Cl)c3)c2cc1NC(=O)/C=C/CN1CCC(OC(F)F)CC1. The van der Waals surface area contributed by atoms with Crippen molar-refractivity contribution in [2.24, 2.45) is 0 Å². The van der Waals surface area contributed by atoms with Crippen molar-refractivity contribution in [2.45, 2.75) is 25.6 Å². The monoisotopic (exact) mass is 535 g/mol. The van der Waals surface area contributed by atoms with Crippen LogP contribution in [0, 0.1) is 5.82 Å². The summed E-state index contributed by atoms with van der Waals surface area (Å²) in [6.45, 7) is -1.04. The number of nitrogens with zero attached hydrogens (tertiary/aromatic N) is 3. The number of carbonyl (C=O) groups is 1. The highest BCUT2D eigenvalue weighted by molar-refractivity contribution is 6.31. The van der Waals surface area contributed by atoms with Gasteiger partial charge in [-0.15, -0.1) is 0 Å². The molecule has 1 aliphatic heterocycles. The van der Waals surface area contributed by atoms with E-state index in [1.807, 2.05) is 0 Å². The van der Waals surface area contributed by atoms with Crippen LogP contribution in [-0.4, -0.2) is 60.2 Å². The quantitative estimate of drug-likeness (QED) is 0.356. The zero-order chi connectivity index (χ0) is 26.4. The van der Waals surface area contributed by atoms with Gasteiger partial charge in [0.15, 0.2) is 0 Å². The second-order valence-corrected chi connectivity index (χ2v) is 8.74. The molecule has 0 saturated carbocycles. The molecule has 4 rings (SSSR count). The number of hydrogen-bond acceptors (Lipinski definition) is 7. The van der Waals surface area contributed by atoms with Crippen LogP contribution >= 0.6 is 11.6 Å². The third kappa shape index (κ3) is 7.09. The number of alkyl halides is 2. The van der Waals surface area contributed by atoms with Crippen LogP contribution < -0.4 is 15.4 Å². The molecule has 0 unspecified atom stereocenters. The van der Waals surface area contributed by atoms with Crippen molar-refractivity contribution in [3.05, 3.63) is 59.7 Å². The number of methoxy groups -OCH3 is 1. The maximum atomic E-state index is 13.5. The minimum atomic E-state index is -2.76. The molecule has 1 amide bonds. The first-order chi connectivity index (χ1) is 17.8. The van der Waals surface area contributed by atoms with Crippen molar-refractivity contribution < 1.29 is 27.4 Å². The maximum absolute atomic E-state index is 13.5. The van der Waals surface area contributed by atoms with Crippen LogP contribution in [0.15, 0.2) is 48.8 Å². The Hall–Kier alpha value is -3.41. The summed E-state index contributed by atoms with van der Waals surface area (Å²) < 4.78 is 48.2. The van der Waals surface area contributed by atoms with Crippen LogP contribution in [0.5, 0.6) is 5.75 Å². The predicted octanol–water partition coefficient (Wildman–Crippen LogP) is 5.37. The lowest BCUT2D eigenvalue weighted by molar-refractivity contribution is -0.172. The largest absolute Gasteiger partial charge is 0.494 e. The molecule has 0 radical (unpaired) electrons. The van der Waals surface area contributed by atoms with E-state index >= 15 is 0 Å². The molecule has 8 nitrogen and oxygen atoms in total. The van der Waals surface area contributed by atoms with Gasteiger partial charge < -0.3 is 20.1 Å². The first-order valence-corrected chi connectivity index (χ1v) is 11.9. The van der Waals surface area contributed by atoms with Gasteiger partial charge in [0.25, 0.3) is 0 Å². The summed E-state index contributed by atoms with van der Waals surface area (Å²) in [6, 6.07) is 7.57.